The van der Waals surface area contributed by atoms with Crippen molar-refractivity contribution in [3.63, 3.8) is 0 Å². The van der Waals surface area contributed by atoms with Crippen LogP contribution < -0.4 is 10.6 Å². The molecule has 1 saturated heterocycles. The molecule has 0 bridgehead atoms. The first-order valence-corrected chi connectivity index (χ1v) is 8.54. The van der Waals surface area contributed by atoms with E-state index in [2.05, 4.69) is 20.6 Å². The van der Waals surface area contributed by atoms with Crippen molar-refractivity contribution < 1.29 is 9.53 Å². The minimum Gasteiger partial charge on any atom is -0.372 e. The molecule has 0 saturated carbocycles. The van der Waals surface area contributed by atoms with Crippen LogP contribution in [0.3, 0.4) is 0 Å². The molecule has 1 aliphatic heterocycles. The Morgan fingerprint density at radius 2 is 2.24 bits per heavy atom. The number of benzene rings is 1. The quantitative estimate of drug-likeness (QED) is 0.657. The Morgan fingerprint density at radius 3 is 3.00 bits per heavy atom. The second-order valence-corrected chi connectivity index (χ2v) is 7.35. The summed E-state index contributed by atoms with van der Waals surface area (Å²) in [6.07, 6.45) is 3.49. The lowest BCUT2D eigenvalue weighted by Gasteiger charge is -2.35. The number of carbonyl (C=O) groups is 1. The number of hydrogen-bond acceptors (Lipinski definition) is 4. The van der Waals surface area contributed by atoms with Gasteiger partial charge >= 0.3 is 0 Å². The number of aromatic amines is 1. The van der Waals surface area contributed by atoms with E-state index in [-0.39, 0.29) is 11.5 Å². The number of morpholine rings is 1. The fourth-order valence-electron chi connectivity index (χ4n) is 3.09. The number of amides is 1. The third-order valence-electron chi connectivity index (χ3n) is 4.46. The first-order valence-electron chi connectivity index (χ1n) is 8.16. The van der Waals surface area contributed by atoms with E-state index >= 15 is 0 Å². The average molecular weight is 359 g/mol. The molecule has 1 atom stereocenters. The SMILES string of the molecule is CC1(C)CN[C@H](C(=O)Nc2cc(Cl)cc3c2[nH]c2cnccc23)CO1. The molecular formula is C18H19ClN4O2. The minimum absolute atomic E-state index is 0.143. The number of H-pyrrole nitrogens is 1. The summed E-state index contributed by atoms with van der Waals surface area (Å²) in [5, 5.41) is 8.73. The third-order valence-corrected chi connectivity index (χ3v) is 4.68. The summed E-state index contributed by atoms with van der Waals surface area (Å²) < 4.78 is 5.73. The highest BCUT2D eigenvalue weighted by atomic mass is 35.5. The monoisotopic (exact) mass is 358 g/mol. The van der Waals surface area contributed by atoms with E-state index in [9.17, 15) is 4.79 Å². The zero-order valence-corrected chi connectivity index (χ0v) is 14.8. The molecule has 4 rings (SSSR count). The van der Waals surface area contributed by atoms with Crippen LogP contribution in [0, 0.1) is 0 Å². The molecule has 7 heteroatoms. The fourth-order valence-corrected chi connectivity index (χ4v) is 3.31. The Kier molecular flexibility index (Phi) is 3.91. The van der Waals surface area contributed by atoms with Gasteiger partial charge in [0.05, 0.1) is 35.1 Å². The summed E-state index contributed by atoms with van der Waals surface area (Å²) in [5.41, 5.74) is 2.12. The maximum absolute atomic E-state index is 12.6. The summed E-state index contributed by atoms with van der Waals surface area (Å²) in [6, 6.07) is 5.16. The number of fused-ring (bicyclic) bond motifs is 3. The number of anilines is 1. The van der Waals surface area contributed by atoms with Gasteiger partial charge in [-0.05, 0) is 32.0 Å². The van der Waals surface area contributed by atoms with Crippen LogP contribution in [-0.2, 0) is 9.53 Å². The predicted molar refractivity (Wildman–Crippen MR) is 99.1 cm³/mol. The highest BCUT2D eigenvalue weighted by Crippen LogP contribution is 2.33. The van der Waals surface area contributed by atoms with Gasteiger partial charge < -0.3 is 20.4 Å². The number of aromatic nitrogens is 2. The summed E-state index contributed by atoms with van der Waals surface area (Å²) in [4.78, 5) is 20.1. The number of halogens is 1. The van der Waals surface area contributed by atoms with Crippen LogP contribution in [0.1, 0.15) is 13.8 Å². The van der Waals surface area contributed by atoms with Crippen LogP contribution >= 0.6 is 11.6 Å². The van der Waals surface area contributed by atoms with E-state index in [0.717, 1.165) is 21.8 Å². The molecule has 0 radical (unpaired) electrons. The Morgan fingerprint density at radius 1 is 1.40 bits per heavy atom. The van der Waals surface area contributed by atoms with Crippen molar-refractivity contribution in [1.82, 2.24) is 15.3 Å². The Bertz CT molecular complexity index is 956. The number of nitrogens with one attached hydrogen (secondary N) is 3. The predicted octanol–water partition coefficient (Wildman–Crippen LogP) is 3.08. The summed E-state index contributed by atoms with van der Waals surface area (Å²) in [5.74, 6) is -0.143. The van der Waals surface area contributed by atoms with E-state index in [1.807, 2.05) is 26.0 Å². The van der Waals surface area contributed by atoms with Crippen LogP contribution in [0.5, 0.6) is 0 Å². The highest BCUT2D eigenvalue weighted by Gasteiger charge is 2.31. The molecule has 3 aromatic rings. The smallest absolute Gasteiger partial charge is 0.243 e. The van der Waals surface area contributed by atoms with Crippen LogP contribution in [0.4, 0.5) is 5.69 Å². The summed E-state index contributed by atoms with van der Waals surface area (Å²) in [7, 11) is 0. The molecule has 6 nitrogen and oxygen atoms in total. The van der Waals surface area contributed by atoms with Gasteiger partial charge in [-0.1, -0.05) is 11.6 Å². The Labute approximate surface area is 149 Å². The van der Waals surface area contributed by atoms with Crippen molar-refractivity contribution in [3.8, 4) is 0 Å². The van der Waals surface area contributed by atoms with Crippen LogP contribution in [0.2, 0.25) is 5.02 Å². The van der Waals surface area contributed by atoms with Gasteiger partial charge in [0.25, 0.3) is 0 Å². The van der Waals surface area contributed by atoms with Crippen LogP contribution in [0.25, 0.3) is 21.8 Å². The number of ether oxygens (including phenoxy) is 1. The number of rotatable bonds is 2. The lowest BCUT2D eigenvalue weighted by atomic mass is 10.1. The molecule has 3 heterocycles. The maximum Gasteiger partial charge on any atom is 0.243 e. The largest absolute Gasteiger partial charge is 0.372 e. The first kappa shape index (κ1) is 16.3. The van der Waals surface area contributed by atoms with E-state index in [1.165, 1.54) is 0 Å². The maximum atomic E-state index is 12.6. The van der Waals surface area contributed by atoms with Gasteiger partial charge in [0.1, 0.15) is 6.04 Å². The second-order valence-electron chi connectivity index (χ2n) is 6.92. The molecule has 130 valence electrons. The first-order chi connectivity index (χ1) is 11.9. The standard InChI is InChI=1S/C18H19ClN4O2/c1-18(2)9-21-15(8-25-18)17(24)23-13-6-10(19)5-12-11-3-4-20-7-14(11)22-16(12)13/h3-7,15,21-22H,8-9H2,1-2H3,(H,23,24)/t15-/m0/s1. The van der Waals surface area contributed by atoms with Gasteiger partial charge in [0.15, 0.2) is 0 Å². The molecule has 1 aromatic carbocycles. The van der Waals surface area contributed by atoms with Gasteiger partial charge in [-0.25, -0.2) is 0 Å². The summed E-state index contributed by atoms with van der Waals surface area (Å²) >= 11 is 6.27. The van der Waals surface area contributed by atoms with Gasteiger partial charge in [-0.2, -0.15) is 0 Å². The van der Waals surface area contributed by atoms with Crippen molar-refractivity contribution in [3.05, 3.63) is 35.6 Å². The van der Waals surface area contributed by atoms with E-state index < -0.39 is 6.04 Å². The zero-order valence-electron chi connectivity index (χ0n) is 14.0. The molecule has 0 aliphatic carbocycles. The van der Waals surface area contributed by atoms with Crippen LogP contribution in [0.15, 0.2) is 30.6 Å². The molecule has 1 aliphatic rings. The van der Waals surface area contributed by atoms with E-state index in [4.69, 9.17) is 16.3 Å². The van der Waals surface area contributed by atoms with Gasteiger partial charge in [0.2, 0.25) is 5.91 Å². The van der Waals surface area contributed by atoms with E-state index in [1.54, 1.807) is 18.5 Å². The topological polar surface area (TPSA) is 79.0 Å². The number of hydrogen-bond donors (Lipinski definition) is 3. The fraction of sp³-hybridized carbons (Fsp3) is 0.333. The molecular weight excluding hydrogens is 340 g/mol. The number of nitrogens with zero attached hydrogens (tertiary/aromatic N) is 1. The lowest BCUT2D eigenvalue weighted by molar-refractivity contribution is -0.125. The molecule has 3 N–H and O–H groups in total. The Hall–Kier alpha value is -2.15. The molecule has 1 amide bonds. The van der Waals surface area contributed by atoms with Crippen molar-refractivity contribution in [2.45, 2.75) is 25.5 Å². The Balaban J connectivity index is 1.66. The molecule has 2 aromatic heterocycles. The number of carbonyl (C=O) groups excluding carboxylic acids is 1. The van der Waals surface area contributed by atoms with Gasteiger partial charge in [-0.15, -0.1) is 0 Å². The van der Waals surface area contributed by atoms with Crippen molar-refractivity contribution in [2.75, 3.05) is 18.5 Å². The van der Waals surface area contributed by atoms with Crippen LogP contribution in [-0.4, -0.2) is 40.7 Å². The molecule has 0 unspecified atom stereocenters. The molecule has 0 spiro atoms. The highest BCUT2D eigenvalue weighted by molar-refractivity contribution is 6.32. The third kappa shape index (κ3) is 3.08. The van der Waals surface area contributed by atoms with Gasteiger partial charge in [0, 0.05) is 28.5 Å². The normalized spacial score (nSPS) is 20.0. The summed E-state index contributed by atoms with van der Waals surface area (Å²) in [6.45, 7) is 4.94. The van der Waals surface area contributed by atoms with Crippen molar-refractivity contribution >= 4 is 45.0 Å². The van der Waals surface area contributed by atoms with Gasteiger partial charge in [-0.3, -0.25) is 9.78 Å². The average Bonchev–Trinajstić information content (AvgIpc) is 2.93. The van der Waals surface area contributed by atoms with Crippen molar-refractivity contribution in [2.24, 2.45) is 0 Å². The van der Waals surface area contributed by atoms with E-state index in [0.29, 0.717) is 23.9 Å². The molecule has 1 fully saturated rings. The number of pyridine rings is 1. The second kappa shape index (κ2) is 5.98. The molecule has 25 heavy (non-hydrogen) atoms. The minimum atomic E-state index is -0.395. The zero-order chi connectivity index (χ0) is 17.6. The lowest BCUT2D eigenvalue weighted by Crippen LogP contribution is -2.55. The van der Waals surface area contributed by atoms with Crippen molar-refractivity contribution in [1.29, 1.82) is 0 Å².